The van der Waals surface area contributed by atoms with E-state index in [0.29, 0.717) is 16.6 Å². The maximum atomic E-state index is 6.15. The molecule has 0 aromatic carbocycles. The number of fused-ring (bicyclic) bond motifs is 1. The second-order valence-corrected chi connectivity index (χ2v) is 4.32. The Bertz CT molecular complexity index is 713. The summed E-state index contributed by atoms with van der Waals surface area (Å²) >= 11 is 6.15. The first-order chi connectivity index (χ1) is 8.70. The van der Waals surface area contributed by atoms with Gasteiger partial charge < -0.3 is 0 Å². The zero-order valence-electron chi connectivity index (χ0n) is 10.0. The van der Waals surface area contributed by atoms with Gasteiger partial charge in [0.15, 0.2) is 11.5 Å². The number of rotatable bonds is 2. The Hall–Kier alpha value is -1.95. The van der Waals surface area contributed by atoms with Crippen LogP contribution in [-0.4, -0.2) is 29.4 Å². The highest BCUT2D eigenvalue weighted by molar-refractivity contribution is 6.29. The van der Waals surface area contributed by atoms with Crippen molar-refractivity contribution in [3.8, 4) is 11.5 Å². The van der Waals surface area contributed by atoms with E-state index in [-0.39, 0.29) is 0 Å². The van der Waals surface area contributed by atoms with Crippen molar-refractivity contribution in [1.29, 1.82) is 0 Å². The SMILES string of the molecule is CCn1nc(C)cc1-c1nnc2cncc(Cl)n12. The molecule has 0 aliphatic carbocycles. The van der Waals surface area contributed by atoms with Crippen LogP contribution < -0.4 is 0 Å². The van der Waals surface area contributed by atoms with Gasteiger partial charge in [-0.25, -0.2) is 0 Å². The molecule has 0 bridgehead atoms. The van der Waals surface area contributed by atoms with Gasteiger partial charge in [-0.2, -0.15) is 5.10 Å². The van der Waals surface area contributed by atoms with Crippen LogP contribution in [0.4, 0.5) is 0 Å². The number of aryl methyl sites for hydroxylation is 2. The normalized spacial score (nSPS) is 11.3. The molecule has 6 nitrogen and oxygen atoms in total. The van der Waals surface area contributed by atoms with Crippen LogP contribution in [0.3, 0.4) is 0 Å². The van der Waals surface area contributed by atoms with Crippen molar-refractivity contribution in [2.75, 3.05) is 0 Å². The topological polar surface area (TPSA) is 60.9 Å². The van der Waals surface area contributed by atoms with Crippen LogP contribution in [0, 0.1) is 6.92 Å². The van der Waals surface area contributed by atoms with E-state index in [1.165, 1.54) is 0 Å². The van der Waals surface area contributed by atoms with Crippen molar-refractivity contribution in [3.05, 3.63) is 29.3 Å². The Kier molecular flexibility index (Phi) is 2.52. The second kappa shape index (κ2) is 4.06. The summed E-state index contributed by atoms with van der Waals surface area (Å²) < 4.78 is 3.64. The molecule has 3 heterocycles. The van der Waals surface area contributed by atoms with Crippen molar-refractivity contribution in [2.45, 2.75) is 20.4 Å². The average Bonchev–Trinajstić information content (AvgIpc) is 2.92. The monoisotopic (exact) mass is 262 g/mol. The number of nitrogens with zero attached hydrogens (tertiary/aromatic N) is 6. The minimum Gasteiger partial charge on any atom is -0.262 e. The zero-order chi connectivity index (χ0) is 12.7. The van der Waals surface area contributed by atoms with Gasteiger partial charge in [-0.05, 0) is 19.9 Å². The lowest BCUT2D eigenvalue weighted by Gasteiger charge is -2.03. The Morgan fingerprint density at radius 1 is 1.28 bits per heavy atom. The van der Waals surface area contributed by atoms with Crippen LogP contribution in [0.1, 0.15) is 12.6 Å². The molecular weight excluding hydrogens is 252 g/mol. The maximum Gasteiger partial charge on any atom is 0.187 e. The van der Waals surface area contributed by atoms with E-state index in [2.05, 4.69) is 20.3 Å². The number of hydrogen-bond acceptors (Lipinski definition) is 4. The van der Waals surface area contributed by atoms with Gasteiger partial charge in [0, 0.05) is 6.54 Å². The summed E-state index contributed by atoms with van der Waals surface area (Å²) in [7, 11) is 0. The Balaban J connectivity index is 2.31. The highest BCUT2D eigenvalue weighted by Gasteiger charge is 2.15. The van der Waals surface area contributed by atoms with E-state index >= 15 is 0 Å². The van der Waals surface area contributed by atoms with Crippen molar-refractivity contribution < 1.29 is 0 Å². The molecule has 0 fully saturated rings. The van der Waals surface area contributed by atoms with Gasteiger partial charge >= 0.3 is 0 Å². The molecule has 0 N–H and O–H groups in total. The van der Waals surface area contributed by atoms with Gasteiger partial charge in [0.1, 0.15) is 10.8 Å². The number of aromatic nitrogens is 6. The molecule has 0 radical (unpaired) electrons. The van der Waals surface area contributed by atoms with Crippen LogP contribution in [-0.2, 0) is 6.54 Å². The fraction of sp³-hybridized carbons (Fsp3) is 0.273. The summed E-state index contributed by atoms with van der Waals surface area (Å²) in [6.45, 7) is 4.74. The first-order valence-corrected chi connectivity index (χ1v) is 5.98. The van der Waals surface area contributed by atoms with Gasteiger partial charge in [-0.3, -0.25) is 14.1 Å². The molecule has 0 atom stereocenters. The summed E-state index contributed by atoms with van der Waals surface area (Å²) in [5, 5.41) is 13.1. The third-order valence-corrected chi connectivity index (χ3v) is 2.97. The molecule has 7 heteroatoms. The third kappa shape index (κ3) is 1.57. The summed E-state index contributed by atoms with van der Waals surface area (Å²) in [6, 6.07) is 1.97. The molecule has 0 unspecified atom stereocenters. The van der Waals surface area contributed by atoms with E-state index in [9.17, 15) is 0 Å². The molecule has 18 heavy (non-hydrogen) atoms. The van der Waals surface area contributed by atoms with Crippen LogP contribution in [0.5, 0.6) is 0 Å². The molecular formula is C11H11ClN6. The predicted molar refractivity (Wildman–Crippen MR) is 67.4 cm³/mol. The summed E-state index contributed by atoms with van der Waals surface area (Å²) in [5.74, 6) is 0.680. The van der Waals surface area contributed by atoms with E-state index < -0.39 is 0 Å². The van der Waals surface area contributed by atoms with Gasteiger partial charge in [-0.1, -0.05) is 11.6 Å². The first-order valence-electron chi connectivity index (χ1n) is 5.60. The fourth-order valence-corrected chi connectivity index (χ4v) is 2.17. The van der Waals surface area contributed by atoms with Gasteiger partial charge in [0.25, 0.3) is 0 Å². The summed E-state index contributed by atoms with van der Waals surface area (Å²) in [4.78, 5) is 3.99. The van der Waals surface area contributed by atoms with Crippen LogP contribution in [0.15, 0.2) is 18.5 Å². The van der Waals surface area contributed by atoms with Gasteiger partial charge in [0.2, 0.25) is 0 Å². The Morgan fingerprint density at radius 3 is 2.89 bits per heavy atom. The largest absolute Gasteiger partial charge is 0.262 e. The predicted octanol–water partition coefficient (Wildman–Crippen LogP) is 1.97. The van der Waals surface area contributed by atoms with E-state index in [1.807, 2.05) is 24.6 Å². The molecule has 0 spiro atoms. The Morgan fingerprint density at radius 2 is 2.11 bits per heavy atom. The van der Waals surface area contributed by atoms with Crippen LogP contribution in [0.2, 0.25) is 5.15 Å². The smallest absolute Gasteiger partial charge is 0.187 e. The van der Waals surface area contributed by atoms with Crippen molar-refractivity contribution in [1.82, 2.24) is 29.4 Å². The van der Waals surface area contributed by atoms with Gasteiger partial charge in [0.05, 0.1) is 18.1 Å². The molecule has 0 saturated heterocycles. The van der Waals surface area contributed by atoms with Crippen LogP contribution >= 0.6 is 11.6 Å². The molecule has 3 rings (SSSR count). The second-order valence-electron chi connectivity index (χ2n) is 3.93. The van der Waals surface area contributed by atoms with E-state index in [0.717, 1.165) is 17.9 Å². The van der Waals surface area contributed by atoms with E-state index in [4.69, 9.17) is 11.6 Å². The standard InChI is InChI=1S/C11H11ClN6/c1-3-17-8(4-7(2)16-17)11-15-14-10-6-13-5-9(12)18(10)11/h4-6H,3H2,1-2H3. The van der Waals surface area contributed by atoms with Crippen molar-refractivity contribution in [2.24, 2.45) is 0 Å². The molecule has 0 aliphatic heterocycles. The fourth-order valence-electron chi connectivity index (χ4n) is 1.95. The first kappa shape index (κ1) is 11.2. The quantitative estimate of drug-likeness (QED) is 0.708. The number of halogens is 1. The third-order valence-electron chi connectivity index (χ3n) is 2.70. The van der Waals surface area contributed by atoms with Crippen molar-refractivity contribution >= 4 is 17.2 Å². The van der Waals surface area contributed by atoms with Crippen LogP contribution in [0.25, 0.3) is 17.2 Å². The summed E-state index contributed by atoms with van der Waals surface area (Å²) in [6.07, 6.45) is 3.20. The maximum absolute atomic E-state index is 6.15. The molecule has 0 amide bonds. The average molecular weight is 263 g/mol. The molecule has 0 saturated carbocycles. The zero-order valence-corrected chi connectivity index (χ0v) is 10.8. The highest BCUT2D eigenvalue weighted by Crippen LogP contribution is 2.22. The molecule has 0 aliphatic rings. The highest BCUT2D eigenvalue weighted by atomic mass is 35.5. The lowest BCUT2D eigenvalue weighted by molar-refractivity contribution is 0.656. The minimum absolute atomic E-state index is 0.481. The molecule has 3 aromatic rings. The molecule has 3 aromatic heterocycles. The molecule has 92 valence electrons. The number of hydrogen-bond donors (Lipinski definition) is 0. The van der Waals surface area contributed by atoms with E-state index in [1.54, 1.807) is 16.8 Å². The lowest BCUT2D eigenvalue weighted by Crippen LogP contribution is -2.02. The summed E-state index contributed by atoms with van der Waals surface area (Å²) in [5.41, 5.74) is 2.46. The van der Waals surface area contributed by atoms with Gasteiger partial charge in [-0.15, -0.1) is 10.2 Å². The minimum atomic E-state index is 0.481. The van der Waals surface area contributed by atoms with Crippen molar-refractivity contribution in [3.63, 3.8) is 0 Å². The lowest BCUT2D eigenvalue weighted by atomic mass is 10.3. The Labute approximate surface area is 108 Å².